The molecule has 17 heteroatoms. The van der Waals surface area contributed by atoms with Gasteiger partial charge in [-0.1, -0.05) is 27.7 Å². The van der Waals surface area contributed by atoms with Gasteiger partial charge in [-0.15, -0.1) is 0 Å². The van der Waals surface area contributed by atoms with Crippen molar-refractivity contribution in [1.29, 1.82) is 0 Å². The molecule has 66 heavy (non-hydrogen) atoms. The van der Waals surface area contributed by atoms with Crippen LogP contribution in [0.15, 0.2) is 18.2 Å². The molecule has 3 fully saturated rings. The summed E-state index contributed by atoms with van der Waals surface area (Å²) in [6.45, 7) is 21.1. The Balaban J connectivity index is 1.88. The highest BCUT2D eigenvalue weighted by Crippen LogP contribution is 2.44. The highest BCUT2D eigenvalue weighted by Gasteiger charge is 2.58. The lowest BCUT2D eigenvalue weighted by atomic mass is 9.75. The summed E-state index contributed by atoms with van der Waals surface area (Å²) in [6.07, 6.45) is -6.45. The Morgan fingerprint density at radius 3 is 2.17 bits per heavy atom. The van der Waals surface area contributed by atoms with Crippen molar-refractivity contribution in [2.75, 3.05) is 55.1 Å². The zero-order valence-corrected chi connectivity index (χ0v) is 42.8. The molecule has 3 aliphatic rings. The van der Waals surface area contributed by atoms with Gasteiger partial charge in [0, 0.05) is 38.1 Å². The zero-order chi connectivity index (χ0) is 49.5. The molecule has 18 atom stereocenters. The van der Waals surface area contributed by atoms with Crippen LogP contribution < -0.4 is 24.8 Å². The third-order valence-corrected chi connectivity index (χ3v) is 14.6. The zero-order valence-electron chi connectivity index (χ0n) is 42.8. The van der Waals surface area contributed by atoms with Crippen molar-refractivity contribution in [1.82, 2.24) is 15.5 Å². The average Bonchev–Trinajstić information content (AvgIpc) is 3.26. The summed E-state index contributed by atoms with van der Waals surface area (Å²) in [5.74, 6) is -1.23. The first kappa shape index (κ1) is 56.2. The van der Waals surface area contributed by atoms with Crippen LogP contribution in [-0.2, 0) is 33.2 Å². The van der Waals surface area contributed by atoms with E-state index in [1.165, 1.54) is 6.92 Å². The fourth-order valence-corrected chi connectivity index (χ4v) is 10.4. The van der Waals surface area contributed by atoms with E-state index in [4.69, 9.17) is 42.6 Å². The Morgan fingerprint density at radius 1 is 0.909 bits per heavy atom. The third kappa shape index (κ3) is 12.7. The van der Waals surface area contributed by atoms with E-state index < -0.39 is 95.5 Å². The van der Waals surface area contributed by atoms with Gasteiger partial charge in [-0.2, -0.15) is 0 Å². The molecule has 0 amide bonds. The van der Waals surface area contributed by atoms with E-state index in [1.54, 1.807) is 74.1 Å². The number of esters is 1. The molecule has 4 rings (SSSR count). The molecule has 3 heterocycles. The number of hydrogen-bond donors (Lipinski definition) is 6. The summed E-state index contributed by atoms with van der Waals surface area (Å²) >= 11 is 0. The molecule has 3 aliphatic heterocycles. The standard InChI is InChI=1S/C49H87N3O14/c1-17-21-50-27-49(57)33(8)62-39(25-47(49,10)60-16)65-40-30(5)43(46(9,55)24-28(3)26-51-32(7)42(53)48(11,56)38(18-2)64-44(54)31(40)6)66-45-41(35(52(12)13)22-29(4)61-45)63-34-19-20-36(58-14)37(23-34)59-15/h19-20,23,28-33,35,38-43,45,50-51,53,55-57H,17-18,21-22,24-27H2,1-16H3/t28?,29-,30?,31?,32?,33+,35+,38?,39+,40?,41-,42?,43?,45+,46?,47-,48?,49+/m1/s1. The van der Waals surface area contributed by atoms with E-state index >= 15 is 0 Å². The number of aliphatic hydroxyl groups excluding tert-OH is 1. The minimum Gasteiger partial charge on any atom is -0.493 e. The molecule has 382 valence electrons. The molecule has 17 nitrogen and oxygen atoms in total. The van der Waals surface area contributed by atoms with Crippen molar-refractivity contribution in [2.45, 2.75) is 198 Å². The lowest BCUT2D eigenvalue weighted by molar-refractivity contribution is -0.335. The molecule has 1 aromatic rings. The lowest BCUT2D eigenvalue weighted by Crippen LogP contribution is -2.70. The molecule has 0 bridgehead atoms. The number of nitrogens with one attached hydrogen (secondary N) is 2. The molecule has 1 aromatic carbocycles. The Labute approximate surface area is 394 Å². The molecule has 3 saturated heterocycles. The molecule has 6 N–H and O–H groups in total. The van der Waals surface area contributed by atoms with Crippen molar-refractivity contribution in [3.63, 3.8) is 0 Å². The Kier molecular flexibility index (Phi) is 20.0. The second-order valence-corrected chi connectivity index (χ2v) is 20.3. The number of carbonyl (C=O) groups excluding carboxylic acids is 1. The minimum atomic E-state index is -1.83. The fraction of sp³-hybridized carbons (Fsp3) is 0.857. The molecule has 10 unspecified atom stereocenters. The molecular formula is C49H87N3O14. The van der Waals surface area contributed by atoms with Crippen LogP contribution in [0.1, 0.15) is 108 Å². The molecule has 0 saturated carbocycles. The first-order chi connectivity index (χ1) is 30.8. The molecule has 0 spiro atoms. The van der Waals surface area contributed by atoms with Gasteiger partial charge in [-0.25, -0.2) is 0 Å². The van der Waals surface area contributed by atoms with Crippen LogP contribution in [0.4, 0.5) is 0 Å². The van der Waals surface area contributed by atoms with E-state index in [2.05, 4.69) is 15.5 Å². The van der Waals surface area contributed by atoms with Gasteiger partial charge in [-0.05, 0) is 119 Å². The number of cyclic esters (lactones) is 1. The van der Waals surface area contributed by atoms with E-state index in [1.807, 2.05) is 48.7 Å². The maximum atomic E-state index is 14.6. The van der Waals surface area contributed by atoms with Gasteiger partial charge in [0.15, 0.2) is 30.2 Å². The van der Waals surface area contributed by atoms with Crippen LogP contribution in [0.5, 0.6) is 17.2 Å². The summed E-state index contributed by atoms with van der Waals surface area (Å²) < 4.78 is 57.5. The van der Waals surface area contributed by atoms with Gasteiger partial charge in [0.1, 0.15) is 34.8 Å². The lowest BCUT2D eigenvalue weighted by Gasteiger charge is -2.53. The van der Waals surface area contributed by atoms with Crippen molar-refractivity contribution in [3.05, 3.63) is 18.2 Å². The first-order valence-electron chi connectivity index (χ1n) is 24.1. The predicted molar refractivity (Wildman–Crippen MR) is 250 cm³/mol. The maximum Gasteiger partial charge on any atom is 0.311 e. The van der Waals surface area contributed by atoms with E-state index in [-0.39, 0.29) is 43.9 Å². The summed E-state index contributed by atoms with van der Waals surface area (Å²) in [6, 6.07) is 4.47. The van der Waals surface area contributed by atoms with Gasteiger partial charge in [0.2, 0.25) is 0 Å². The highest BCUT2D eigenvalue weighted by atomic mass is 16.7. The molecule has 0 aromatic heterocycles. The average molecular weight is 942 g/mol. The summed E-state index contributed by atoms with van der Waals surface area (Å²) in [4.78, 5) is 16.7. The number of hydrogen-bond acceptors (Lipinski definition) is 17. The fourth-order valence-electron chi connectivity index (χ4n) is 10.4. The maximum absolute atomic E-state index is 14.6. The van der Waals surface area contributed by atoms with E-state index in [0.29, 0.717) is 36.8 Å². The van der Waals surface area contributed by atoms with Crippen LogP contribution in [0, 0.1) is 17.8 Å². The topological polar surface area (TPSA) is 208 Å². The number of benzene rings is 1. The Bertz CT molecular complexity index is 1670. The van der Waals surface area contributed by atoms with Crippen LogP contribution in [0.2, 0.25) is 0 Å². The number of aliphatic hydroxyl groups is 4. The second-order valence-electron chi connectivity index (χ2n) is 20.3. The normalized spacial score (nSPS) is 42.2. The monoisotopic (exact) mass is 942 g/mol. The number of ether oxygens (including phenoxy) is 9. The first-order valence-corrected chi connectivity index (χ1v) is 24.1. The number of methoxy groups -OCH3 is 3. The number of carbonyl (C=O) groups is 1. The number of rotatable bonds is 15. The van der Waals surface area contributed by atoms with Crippen molar-refractivity contribution in [2.24, 2.45) is 17.8 Å². The summed E-state index contributed by atoms with van der Waals surface area (Å²) in [7, 11) is 8.60. The van der Waals surface area contributed by atoms with Crippen molar-refractivity contribution in [3.8, 4) is 17.2 Å². The minimum absolute atomic E-state index is 0.0825. The van der Waals surface area contributed by atoms with Gasteiger partial charge in [-0.3, -0.25) is 4.79 Å². The molecule has 0 radical (unpaired) electrons. The Hall–Kier alpha value is -2.39. The van der Waals surface area contributed by atoms with Crippen molar-refractivity contribution >= 4 is 5.97 Å². The SMILES string of the molecule is CCCNC[C@]1(O)[C@H](C)O[C@@H](OC2C(C)C(=O)OC(CC)C(C)(O)C(O)C(C)NCC(C)CC(C)(O)C(O[C@@H]3O[C@H](C)C[C@H](N(C)C)[C@H]3Oc3ccc(OC)c(OC)c3)C2C)C[C@@]1(C)OC. The number of likely N-dealkylation sites (N-methyl/N-ethyl adjacent to an activating group) is 1. The van der Waals surface area contributed by atoms with Gasteiger partial charge in [0.05, 0.1) is 56.2 Å². The van der Waals surface area contributed by atoms with Crippen molar-refractivity contribution < 1.29 is 67.9 Å². The quantitative estimate of drug-likeness (QED) is 0.108. The molecular weight excluding hydrogens is 855 g/mol. The smallest absolute Gasteiger partial charge is 0.311 e. The largest absolute Gasteiger partial charge is 0.493 e. The van der Waals surface area contributed by atoms with E-state index in [9.17, 15) is 25.2 Å². The second kappa shape index (κ2) is 23.5. The van der Waals surface area contributed by atoms with Gasteiger partial charge < -0.3 is 78.6 Å². The van der Waals surface area contributed by atoms with Crippen LogP contribution in [-0.4, -0.2) is 176 Å². The molecule has 0 aliphatic carbocycles. The summed E-state index contributed by atoms with van der Waals surface area (Å²) in [5.41, 5.74) is -6.05. The van der Waals surface area contributed by atoms with Crippen LogP contribution >= 0.6 is 0 Å². The third-order valence-electron chi connectivity index (χ3n) is 14.6. The van der Waals surface area contributed by atoms with Gasteiger partial charge in [0.25, 0.3) is 0 Å². The van der Waals surface area contributed by atoms with Crippen LogP contribution in [0.3, 0.4) is 0 Å². The summed E-state index contributed by atoms with van der Waals surface area (Å²) in [5, 5.41) is 55.2. The highest BCUT2D eigenvalue weighted by molar-refractivity contribution is 5.73. The predicted octanol–water partition coefficient (Wildman–Crippen LogP) is 4.03. The number of nitrogens with zero attached hydrogens (tertiary/aromatic N) is 1. The van der Waals surface area contributed by atoms with Gasteiger partial charge >= 0.3 is 5.97 Å². The Morgan fingerprint density at radius 2 is 1.58 bits per heavy atom. The van der Waals surface area contributed by atoms with Crippen LogP contribution in [0.25, 0.3) is 0 Å². The van der Waals surface area contributed by atoms with E-state index in [0.717, 1.165) is 6.42 Å².